The zero-order valence-electron chi connectivity index (χ0n) is 15.4. The Morgan fingerprint density at radius 3 is 2.24 bits per heavy atom. The Morgan fingerprint density at radius 1 is 1.12 bits per heavy atom. The van der Waals surface area contributed by atoms with Gasteiger partial charge in [0.05, 0.1) is 10.5 Å². The molecule has 134 valence electrons. The first-order chi connectivity index (χ1) is 11.8. The van der Waals surface area contributed by atoms with E-state index >= 15 is 0 Å². The molecule has 1 N–H and O–H groups in total. The molecule has 0 aliphatic rings. The Hall–Kier alpha value is -2.20. The van der Waals surface area contributed by atoms with Crippen LogP contribution in [0.2, 0.25) is 0 Å². The van der Waals surface area contributed by atoms with E-state index in [2.05, 4.69) is 27.7 Å². The Kier molecular flexibility index (Phi) is 5.96. The lowest BCUT2D eigenvalue weighted by atomic mass is 9.69. The molecule has 0 saturated heterocycles. The molecule has 0 fully saturated rings. The lowest BCUT2D eigenvalue weighted by Gasteiger charge is -2.35. The van der Waals surface area contributed by atoms with Crippen molar-refractivity contribution in [3.05, 3.63) is 75.3 Å². The van der Waals surface area contributed by atoms with Gasteiger partial charge in [0.2, 0.25) is 0 Å². The number of nitro benzene ring substituents is 1. The van der Waals surface area contributed by atoms with Gasteiger partial charge in [0.1, 0.15) is 6.10 Å². The molecule has 0 saturated carbocycles. The molecule has 25 heavy (non-hydrogen) atoms. The Morgan fingerprint density at radius 2 is 1.72 bits per heavy atom. The average Bonchev–Trinajstić information content (AvgIpc) is 2.66. The van der Waals surface area contributed by atoms with Crippen molar-refractivity contribution >= 4 is 5.69 Å². The molecule has 3 atom stereocenters. The largest absolute Gasteiger partial charge is 0.383 e. The zero-order valence-corrected chi connectivity index (χ0v) is 15.4. The summed E-state index contributed by atoms with van der Waals surface area (Å²) in [6.07, 6.45) is 1.13. The van der Waals surface area contributed by atoms with Crippen LogP contribution in [0.5, 0.6) is 0 Å². The van der Waals surface area contributed by atoms with E-state index in [4.69, 9.17) is 0 Å². The Labute approximate surface area is 149 Å². The minimum Gasteiger partial charge on any atom is -0.383 e. The first-order valence-corrected chi connectivity index (χ1v) is 8.87. The van der Waals surface area contributed by atoms with Crippen molar-refractivity contribution < 1.29 is 10.0 Å². The second kappa shape index (κ2) is 7.79. The summed E-state index contributed by atoms with van der Waals surface area (Å²) in [6.45, 7) is 8.93. The number of aliphatic hydroxyl groups is 1. The normalized spacial score (nSPS) is 16.0. The van der Waals surface area contributed by atoms with Crippen LogP contribution in [-0.4, -0.2) is 10.0 Å². The predicted molar refractivity (Wildman–Crippen MR) is 101 cm³/mol. The van der Waals surface area contributed by atoms with Crippen molar-refractivity contribution in [1.82, 2.24) is 0 Å². The second-order valence-corrected chi connectivity index (χ2v) is 6.92. The first kappa shape index (κ1) is 19.1. The quantitative estimate of drug-likeness (QED) is 0.542. The smallest absolute Gasteiger partial charge is 0.275 e. The van der Waals surface area contributed by atoms with Crippen LogP contribution in [-0.2, 0) is 5.41 Å². The van der Waals surface area contributed by atoms with Crippen LogP contribution >= 0.6 is 0 Å². The highest BCUT2D eigenvalue weighted by Gasteiger charge is 2.30. The molecule has 0 aliphatic carbocycles. The molecular weight excluding hydrogens is 314 g/mol. The average molecular weight is 341 g/mol. The SMILES string of the molecule is CCC(C)C(C)(CC)c1ccc(C(O)c2ccccc2[N+](=O)[O-])cc1. The molecule has 2 aromatic carbocycles. The van der Waals surface area contributed by atoms with Gasteiger partial charge in [-0.15, -0.1) is 0 Å². The van der Waals surface area contributed by atoms with Gasteiger partial charge in [-0.25, -0.2) is 0 Å². The van der Waals surface area contributed by atoms with Crippen molar-refractivity contribution in [1.29, 1.82) is 0 Å². The van der Waals surface area contributed by atoms with Crippen molar-refractivity contribution in [3.63, 3.8) is 0 Å². The lowest BCUT2D eigenvalue weighted by Crippen LogP contribution is -2.29. The second-order valence-electron chi connectivity index (χ2n) is 6.92. The Bertz CT molecular complexity index is 726. The van der Waals surface area contributed by atoms with E-state index in [1.807, 2.05) is 24.3 Å². The van der Waals surface area contributed by atoms with E-state index in [-0.39, 0.29) is 11.1 Å². The molecule has 0 amide bonds. The van der Waals surface area contributed by atoms with Gasteiger partial charge in [-0.05, 0) is 34.9 Å². The van der Waals surface area contributed by atoms with Gasteiger partial charge in [-0.3, -0.25) is 10.1 Å². The van der Waals surface area contributed by atoms with Crippen LogP contribution in [0.15, 0.2) is 48.5 Å². The van der Waals surface area contributed by atoms with Crippen LogP contribution in [0.1, 0.15) is 63.3 Å². The van der Waals surface area contributed by atoms with E-state index < -0.39 is 11.0 Å². The maximum atomic E-state index is 11.2. The van der Waals surface area contributed by atoms with Crippen LogP contribution in [0.3, 0.4) is 0 Å². The highest BCUT2D eigenvalue weighted by atomic mass is 16.6. The summed E-state index contributed by atoms with van der Waals surface area (Å²) in [5.74, 6) is 0.545. The van der Waals surface area contributed by atoms with Gasteiger partial charge in [-0.1, -0.05) is 70.5 Å². The van der Waals surface area contributed by atoms with Crippen LogP contribution in [0.25, 0.3) is 0 Å². The minimum absolute atomic E-state index is 0.0583. The molecule has 2 rings (SSSR count). The molecule has 0 aromatic heterocycles. The lowest BCUT2D eigenvalue weighted by molar-refractivity contribution is -0.386. The van der Waals surface area contributed by atoms with Crippen LogP contribution < -0.4 is 0 Å². The number of nitrogens with zero attached hydrogens (tertiary/aromatic N) is 1. The van der Waals surface area contributed by atoms with E-state index in [9.17, 15) is 15.2 Å². The highest BCUT2D eigenvalue weighted by molar-refractivity contribution is 5.45. The molecular formula is C21H27NO3. The van der Waals surface area contributed by atoms with E-state index in [0.717, 1.165) is 12.8 Å². The minimum atomic E-state index is -1.01. The first-order valence-electron chi connectivity index (χ1n) is 8.87. The van der Waals surface area contributed by atoms with Gasteiger partial charge in [0, 0.05) is 6.07 Å². The topological polar surface area (TPSA) is 63.4 Å². The molecule has 3 unspecified atom stereocenters. The third-order valence-corrected chi connectivity index (χ3v) is 5.75. The van der Waals surface area contributed by atoms with E-state index in [1.165, 1.54) is 11.6 Å². The molecule has 4 nitrogen and oxygen atoms in total. The van der Waals surface area contributed by atoms with Crippen LogP contribution in [0.4, 0.5) is 5.69 Å². The maximum Gasteiger partial charge on any atom is 0.275 e. The fraction of sp³-hybridized carbons (Fsp3) is 0.429. The number of aliphatic hydroxyl groups excluding tert-OH is 1. The number of hydrogen-bond donors (Lipinski definition) is 1. The molecule has 0 heterocycles. The number of nitro groups is 1. The summed E-state index contributed by atoms with van der Waals surface area (Å²) in [7, 11) is 0. The summed E-state index contributed by atoms with van der Waals surface area (Å²) in [5.41, 5.74) is 2.25. The monoisotopic (exact) mass is 341 g/mol. The maximum absolute atomic E-state index is 11.2. The fourth-order valence-corrected chi connectivity index (χ4v) is 3.40. The predicted octanol–water partition coefficient (Wildman–Crippen LogP) is 5.39. The van der Waals surface area contributed by atoms with Crippen molar-refractivity contribution in [3.8, 4) is 0 Å². The standard InChI is InChI=1S/C21H27NO3/c1-5-15(3)21(4,6-2)17-13-11-16(12-14-17)20(23)18-9-7-8-10-19(18)22(24)25/h7-15,20,23H,5-6H2,1-4H3. The number of para-hydroxylation sites is 1. The number of benzene rings is 2. The summed E-state index contributed by atoms with van der Waals surface area (Å²) < 4.78 is 0. The van der Waals surface area contributed by atoms with Crippen molar-refractivity contribution in [2.75, 3.05) is 0 Å². The highest BCUT2D eigenvalue weighted by Crippen LogP contribution is 2.38. The molecule has 0 spiro atoms. The summed E-state index contributed by atoms with van der Waals surface area (Å²) in [5, 5.41) is 21.8. The van der Waals surface area contributed by atoms with Gasteiger partial charge in [0.25, 0.3) is 5.69 Å². The molecule has 2 aromatic rings. The van der Waals surface area contributed by atoms with E-state index in [1.54, 1.807) is 18.2 Å². The van der Waals surface area contributed by atoms with Gasteiger partial charge in [-0.2, -0.15) is 0 Å². The number of rotatable bonds is 7. The molecule has 0 bridgehead atoms. The summed E-state index contributed by atoms with van der Waals surface area (Å²) in [4.78, 5) is 10.7. The third kappa shape index (κ3) is 3.74. The fourth-order valence-electron chi connectivity index (χ4n) is 3.40. The Balaban J connectivity index is 2.36. The zero-order chi connectivity index (χ0) is 18.6. The summed E-state index contributed by atoms with van der Waals surface area (Å²) in [6, 6.07) is 14.2. The van der Waals surface area contributed by atoms with Crippen molar-refractivity contribution in [2.45, 2.75) is 52.1 Å². The summed E-state index contributed by atoms with van der Waals surface area (Å²) >= 11 is 0. The molecule has 4 heteroatoms. The van der Waals surface area contributed by atoms with Gasteiger partial charge >= 0.3 is 0 Å². The molecule has 0 aliphatic heterocycles. The van der Waals surface area contributed by atoms with E-state index in [0.29, 0.717) is 17.0 Å². The van der Waals surface area contributed by atoms with Crippen molar-refractivity contribution in [2.24, 2.45) is 5.92 Å². The number of hydrogen-bond acceptors (Lipinski definition) is 3. The van der Waals surface area contributed by atoms with Crippen LogP contribution in [0, 0.1) is 16.0 Å². The molecule has 0 radical (unpaired) electrons. The third-order valence-electron chi connectivity index (χ3n) is 5.75. The van der Waals surface area contributed by atoms with Gasteiger partial charge < -0.3 is 5.11 Å². The van der Waals surface area contributed by atoms with Gasteiger partial charge in [0.15, 0.2) is 0 Å².